The highest BCUT2D eigenvalue weighted by Gasteiger charge is 2.33. The van der Waals surface area contributed by atoms with Gasteiger partial charge in [-0.25, -0.2) is 4.98 Å². The van der Waals surface area contributed by atoms with Crippen LogP contribution in [0.15, 0.2) is 35.8 Å². The van der Waals surface area contributed by atoms with Crippen LogP contribution in [0.3, 0.4) is 0 Å². The zero-order valence-electron chi connectivity index (χ0n) is 13.8. The summed E-state index contributed by atoms with van der Waals surface area (Å²) in [5.74, 6) is -0.205. The number of rotatable bonds is 4. The zero-order chi connectivity index (χ0) is 17.4. The van der Waals surface area contributed by atoms with E-state index in [9.17, 15) is 9.59 Å². The summed E-state index contributed by atoms with van der Waals surface area (Å²) in [5, 5.41) is 6.11. The highest BCUT2D eigenvalue weighted by atomic mass is 32.1. The first kappa shape index (κ1) is 15.8. The molecule has 1 aliphatic heterocycles. The number of nitrogens with one attached hydrogen (secondary N) is 2. The minimum absolute atomic E-state index is 0.0198. The molecule has 6 nitrogen and oxygen atoms in total. The van der Waals surface area contributed by atoms with Crippen molar-refractivity contribution in [1.29, 1.82) is 0 Å². The van der Waals surface area contributed by atoms with Gasteiger partial charge in [-0.1, -0.05) is 12.1 Å². The minimum Gasteiger partial charge on any atom is -0.351 e. The second-order valence-electron chi connectivity index (χ2n) is 6.26. The Morgan fingerprint density at radius 3 is 3.00 bits per heavy atom. The number of aryl methyl sites for hydroxylation is 1. The summed E-state index contributed by atoms with van der Waals surface area (Å²) in [6.07, 6.45) is 2.50. The molecule has 25 heavy (non-hydrogen) atoms. The smallest absolute Gasteiger partial charge is 0.280 e. The van der Waals surface area contributed by atoms with Crippen molar-refractivity contribution in [2.75, 3.05) is 13.1 Å². The van der Waals surface area contributed by atoms with Crippen LogP contribution in [0.25, 0.3) is 10.9 Å². The lowest BCUT2D eigenvalue weighted by Crippen LogP contribution is -2.56. The van der Waals surface area contributed by atoms with Crippen LogP contribution in [0.4, 0.5) is 0 Å². The maximum atomic E-state index is 12.7. The van der Waals surface area contributed by atoms with E-state index in [1.807, 2.05) is 31.2 Å². The fraction of sp³-hybridized carbons (Fsp3) is 0.278. The number of hydrogen-bond acceptors (Lipinski definition) is 4. The number of H-pyrrole nitrogens is 1. The van der Waals surface area contributed by atoms with E-state index >= 15 is 0 Å². The van der Waals surface area contributed by atoms with Crippen molar-refractivity contribution in [1.82, 2.24) is 20.2 Å². The fourth-order valence-electron chi connectivity index (χ4n) is 3.05. The molecule has 1 unspecified atom stereocenters. The van der Waals surface area contributed by atoms with E-state index in [2.05, 4.69) is 15.3 Å². The molecular formula is C18H18N4O2S. The number of aromatic nitrogens is 2. The van der Waals surface area contributed by atoms with E-state index in [4.69, 9.17) is 0 Å². The number of carbonyl (C=O) groups excluding carboxylic acids is 2. The Bertz CT molecular complexity index is 932. The summed E-state index contributed by atoms with van der Waals surface area (Å²) in [6, 6.07) is 8.00. The zero-order valence-corrected chi connectivity index (χ0v) is 14.6. The number of hydrogen-bond donors (Lipinski definition) is 2. The van der Waals surface area contributed by atoms with E-state index < -0.39 is 0 Å². The molecule has 0 bridgehead atoms. The molecule has 128 valence electrons. The Kier molecular flexibility index (Phi) is 4.01. The summed E-state index contributed by atoms with van der Waals surface area (Å²) in [6.45, 7) is 3.19. The molecule has 4 rings (SSSR count). The molecule has 1 aliphatic rings. The molecule has 3 heterocycles. The molecule has 0 aliphatic carbocycles. The van der Waals surface area contributed by atoms with Crippen LogP contribution in [-0.2, 0) is 0 Å². The molecule has 1 fully saturated rings. The van der Waals surface area contributed by atoms with Crippen LogP contribution >= 0.6 is 11.3 Å². The Labute approximate surface area is 148 Å². The van der Waals surface area contributed by atoms with Gasteiger partial charge in [0.25, 0.3) is 11.8 Å². The average molecular weight is 354 g/mol. The number of carbonyl (C=O) groups is 2. The second kappa shape index (κ2) is 6.33. The van der Waals surface area contributed by atoms with Crippen molar-refractivity contribution in [3.05, 3.63) is 52.1 Å². The Morgan fingerprint density at radius 1 is 1.40 bits per heavy atom. The normalized spacial score (nSPS) is 16.7. The lowest BCUT2D eigenvalue weighted by molar-refractivity contribution is 0.0451. The molecule has 2 aromatic heterocycles. The third-order valence-electron chi connectivity index (χ3n) is 4.54. The van der Waals surface area contributed by atoms with Crippen LogP contribution in [0, 0.1) is 6.92 Å². The van der Waals surface area contributed by atoms with Gasteiger partial charge in [-0.3, -0.25) is 9.59 Å². The van der Waals surface area contributed by atoms with Gasteiger partial charge in [0, 0.05) is 35.6 Å². The lowest BCUT2D eigenvalue weighted by atomic mass is 10.0. The highest BCUT2D eigenvalue weighted by molar-refractivity contribution is 7.11. The SMILES string of the molecule is Cc1ccc2cc(C(=O)N3CCC3CNC(=O)c3nccs3)[nH]c2c1. The van der Waals surface area contributed by atoms with Crippen molar-refractivity contribution in [3.8, 4) is 0 Å². The van der Waals surface area contributed by atoms with Gasteiger partial charge in [0.15, 0.2) is 5.01 Å². The first-order valence-corrected chi connectivity index (χ1v) is 9.08. The second-order valence-corrected chi connectivity index (χ2v) is 7.16. The predicted octanol–water partition coefficient (Wildman–Crippen LogP) is 2.58. The van der Waals surface area contributed by atoms with Crippen molar-refractivity contribution in [3.63, 3.8) is 0 Å². The minimum atomic E-state index is -0.185. The Balaban J connectivity index is 1.42. The predicted molar refractivity (Wildman–Crippen MR) is 96.9 cm³/mol. The Hall–Kier alpha value is -2.67. The van der Waals surface area contributed by atoms with E-state index in [0.717, 1.165) is 22.9 Å². The monoisotopic (exact) mass is 354 g/mol. The summed E-state index contributed by atoms with van der Waals surface area (Å²) < 4.78 is 0. The van der Waals surface area contributed by atoms with Crippen LogP contribution in [0.1, 0.15) is 32.3 Å². The lowest BCUT2D eigenvalue weighted by Gasteiger charge is -2.40. The molecule has 2 amide bonds. The fourth-order valence-corrected chi connectivity index (χ4v) is 3.60. The number of amides is 2. The van der Waals surface area contributed by atoms with E-state index in [1.165, 1.54) is 11.3 Å². The summed E-state index contributed by atoms with van der Waals surface area (Å²) in [4.78, 5) is 33.7. The molecule has 1 aromatic carbocycles. The summed E-state index contributed by atoms with van der Waals surface area (Å²) >= 11 is 1.31. The molecule has 0 saturated carbocycles. The number of thiazole rings is 1. The molecule has 7 heteroatoms. The van der Waals surface area contributed by atoms with Gasteiger partial charge in [-0.05, 0) is 31.0 Å². The third-order valence-corrected chi connectivity index (χ3v) is 5.31. The standard InChI is InChI=1S/C18H18N4O2S/c1-11-2-3-12-9-15(21-14(12)8-11)18(24)22-6-4-13(22)10-20-16(23)17-19-5-7-25-17/h2-3,5,7-9,13,21H,4,6,10H2,1H3,(H,20,23). The van der Waals surface area contributed by atoms with E-state index in [-0.39, 0.29) is 17.9 Å². The van der Waals surface area contributed by atoms with Crippen LogP contribution in [-0.4, -0.2) is 45.8 Å². The maximum Gasteiger partial charge on any atom is 0.280 e. The van der Waals surface area contributed by atoms with Gasteiger partial charge in [-0.15, -0.1) is 11.3 Å². The van der Waals surface area contributed by atoms with Gasteiger partial charge in [-0.2, -0.15) is 0 Å². The molecular weight excluding hydrogens is 336 g/mol. The van der Waals surface area contributed by atoms with Crippen LogP contribution in [0.5, 0.6) is 0 Å². The molecule has 2 N–H and O–H groups in total. The quantitative estimate of drug-likeness (QED) is 0.756. The highest BCUT2D eigenvalue weighted by Crippen LogP contribution is 2.23. The molecule has 1 atom stereocenters. The van der Waals surface area contributed by atoms with Gasteiger partial charge in [0.1, 0.15) is 5.69 Å². The number of aromatic amines is 1. The number of likely N-dealkylation sites (tertiary alicyclic amines) is 1. The first-order chi connectivity index (χ1) is 12.1. The van der Waals surface area contributed by atoms with Gasteiger partial charge < -0.3 is 15.2 Å². The summed E-state index contributed by atoms with van der Waals surface area (Å²) in [5.41, 5.74) is 2.72. The topological polar surface area (TPSA) is 78.1 Å². The molecule has 0 spiro atoms. The van der Waals surface area contributed by atoms with E-state index in [1.54, 1.807) is 16.5 Å². The average Bonchev–Trinajstić information content (AvgIpc) is 3.22. The number of fused-ring (bicyclic) bond motifs is 1. The third kappa shape index (κ3) is 3.02. The van der Waals surface area contributed by atoms with Gasteiger partial charge in [0.05, 0.1) is 6.04 Å². The molecule has 3 aromatic rings. The molecule has 1 saturated heterocycles. The Morgan fingerprint density at radius 2 is 2.28 bits per heavy atom. The van der Waals surface area contributed by atoms with Crippen molar-refractivity contribution >= 4 is 34.1 Å². The first-order valence-electron chi connectivity index (χ1n) is 8.20. The largest absolute Gasteiger partial charge is 0.351 e. The molecule has 0 radical (unpaired) electrons. The van der Waals surface area contributed by atoms with E-state index in [0.29, 0.717) is 23.8 Å². The number of nitrogens with zero attached hydrogens (tertiary/aromatic N) is 2. The van der Waals surface area contributed by atoms with Gasteiger partial charge in [0.2, 0.25) is 0 Å². The summed E-state index contributed by atoms with van der Waals surface area (Å²) in [7, 11) is 0. The maximum absolute atomic E-state index is 12.7. The van der Waals surface area contributed by atoms with Crippen molar-refractivity contribution in [2.45, 2.75) is 19.4 Å². The van der Waals surface area contributed by atoms with Crippen molar-refractivity contribution < 1.29 is 9.59 Å². The number of benzene rings is 1. The van der Waals surface area contributed by atoms with Gasteiger partial charge >= 0.3 is 0 Å². The van der Waals surface area contributed by atoms with Crippen LogP contribution < -0.4 is 5.32 Å². The van der Waals surface area contributed by atoms with Crippen LogP contribution in [0.2, 0.25) is 0 Å². The van der Waals surface area contributed by atoms with Crippen molar-refractivity contribution in [2.24, 2.45) is 0 Å².